The molecule has 0 bridgehead atoms. The number of halogens is 2. The van der Waals surface area contributed by atoms with Gasteiger partial charge in [0.2, 0.25) is 0 Å². The summed E-state index contributed by atoms with van der Waals surface area (Å²) in [6, 6.07) is 10.6. The third-order valence-corrected chi connectivity index (χ3v) is 4.48. The molecule has 0 N–H and O–H groups in total. The fourth-order valence-electron chi connectivity index (χ4n) is 1.93. The van der Waals surface area contributed by atoms with E-state index in [2.05, 4.69) is 63.5 Å². The van der Waals surface area contributed by atoms with Gasteiger partial charge >= 0.3 is 0 Å². The van der Waals surface area contributed by atoms with E-state index in [-0.39, 0.29) is 0 Å². The minimum atomic E-state index is 0.537. The number of nitrogens with zero attached hydrogens (tertiary/aromatic N) is 1. The smallest absolute Gasteiger partial charge is 0.0522 e. The highest BCUT2D eigenvalue weighted by Gasteiger charge is 2.10. The molecule has 0 unspecified atom stereocenters. The third kappa shape index (κ3) is 3.28. The molecule has 0 aliphatic heterocycles. The van der Waals surface area contributed by atoms with Crippen LogP contribution in [0.2, 0.25) is 0 Å². The molecule has 18 heavy (non-hydrogen) atoms. The van der Waals surface area contributed by atoms with Crippen molar-refractivity contribution in [1.29, 1.82) is 0 Å². The lowest BCUT2D eigenvalue weighted by molar-refractivity contribution is 0.837. The van der Waals surface area contributed by atoms with Crippen LogP contribution >= 0.6 is 38.9 Å². The molecule has 1 aromatic carbocycles. The summed E-state index contributed by atoms with van der Waals surface area (Å²) in [6.45, 7) is 4.09. The summed E-state index contributed by atoms with van der Waals surface area (Å²) in [5.74, 6) is 0.537. The molecule has 0 fully saturated rings. The molecular formula is C14H15BrClNS. The van der Waals surface area contributed by atoms with Gasteiger partial charge in [0, 0.05) is 27.5 Å². The first-order chi connectivity index (χ1) is 8.74. The number of alkyl halides is 1. The quantitative estimate of drug-likeness (QED) is 0.667. The van der Waals surface area contributed by atoms with Crippen LogP contribution in [-0.2, 0) is 12.4 Å². The van der Waals surface area contributed by atoms with Crippen LogP contribution < -0.4 is 4.90 Å². The summed E-state index contributed by atoms with van der Waals surface area (Å²) in [4.78, 5) is 3.73. The number of hydrogen-bond donors (Lipinski definition) is 0. The van der Waals surface area contributed by atoms with E-state index in [4.69, 9.17) is 11.6 Å². The second-order valence-corrected chi connectivity index (χ2v) is 6.22. The van der Waals surface area contributed by atoms with Gasteiger partial charge in [0.1, 0.15) is 0 Å². The summed E-state index contributed by atoms with van der Waals surface area (Å²) in [6.07, 6.45) is 0. The maximum Gasteiger partial charge on any atom is 0.0522 e. The lowest BCUT2D eigenvalue weighted by atomic mass is 10.1. The van der Waals surface area contributed by atoms with Crippen LogP contribution in [0.25, 0.3) is 0 Å². The highest BCUT2D eigenvalue weighted by molar-refractivity contribution is 9.10. The molecule has 96 valence electrons. The Bertz CT molecular complexity index is 499. The van der Waals surface area contributed by atoms with Gasteiger partial charge in [0.15, 0.2) is 0 Å². The Hall–Kier alpha value is -0.510. The van der Waals surface area contributed by atoms with Crippen LogP contribution in [0.1, 0.15) is 17.4 Å². The average Bonchev–Trinajstić information content (AvgIpc) is 2.89. The van der Waals surface area contributed by atoms with Crippen molar-refractivity contribution in [2.45, 2.75) is 19.3 Å². The second-order valence-electron chi connectivity index (χ2n) is 4.00. The second kappa shape index (κ2) is 6.60. The fourth-order valence-corrected chi connectivity index (χ4v) is 3.27. The molecule has 0 saturated carbocycles. The van der Waals surface area contributed by atoms with Gasteiger partial charge in [-0.05, 0) is 42.1 Å². The van der Waals surface area contributed by atoms with E-state index in [0.717, 1.165) is 17.6 Å². The Kier molecular flexibility index (Phi) is 5.10. The van der Waals surface area contributed by atoms with E-state index >= 15 is 0 Å². The molecule has 2 aromatic rings. The minimum absolute atomic E-state index is 0.537. The average molecular weight is 345 g/mol. The Balaban J connectivity index is 2.26. The maximum absolute atomic E-state index is 6.04. The van der Waals surface area contributed by atoms with Crippen molar-refractivity contribution in [2.75, 3.05) is 11.4 Å². The monoisotopic (exact) mass is 343 g/mol. The Morgan fingerprint density at radius 3 is 2.78 bits per heavy atom. The first kappa shape index (κ1) is 13.9. The molecule has 0 radical (unpaired) electrons. The van der Waals surface area contributed by atoms with Crippen LogP contribution in [0.15, 0.2) is 40.2 Å². The molecule has 1 aromatic heterocycles. The molecule has 0 aliphatic rings. The van der Waals surface area contributed by atoms with Crippen LogP contribution in [0.3, 0.4) is 0 Å². The SMILES string of the molecule is CCN(Cc1cccs1)c1ccc(Br)cc1CCl. The molecule has 0 spiro atoms. The molecular weight excluding hydrogens is 330 g/mol. The zero-order valence-corrected chi connectivity index (χ0v) is 13.4. The number of rotatable bonds is 5. The lowest BCUT2D eigenvalue weighted by Gasteiger charge is -2.25. The van der Waals surface area contributed by atoms with Gasteiger partial charge in [0.05, 0.1) is 6.54 Å². The predicted molar refractivity (Wildman–Crippen MR) is 84.7 cm³/mol. The van der Waals surface area contributed by atoms with Gasteiger partial charge in [-0.2, -0.15) is 0 Å². The Morgan fingerprint density at radius 2 is 2.17 bits per heavy atom. The molecule has 1 heterocycles. The van der Waals surface area contributed by atoms with Crippen molar-refractivity contribution in [2.24, 2.45) is 0 Å². The fraction of sp³-hybridized carbons (Fsp3) is 0.286. The van der Waals surface area contributed by atoms with Crippen LogP contribution in [0.5, 0.6) is 0 Å². The number of hydrogen-bond acceptors (Lipinski definition) is 2. The van der Waals surface area contributed by atoms with Crippen molar-refractivity contribution in [3.8, 4) is 0 Å². The molecule has 1 nitrogen and oxygen atoms in total. The summed E-state index contributed by atoms with van der Waals surface area (Å²) >= 11 is 11.3. The summed E-state index contributed by atoms with van der Waals surface area (Å²) in [5.41, 5.74) is 2.40. The number of anilines is 1. The molecule has 2 rings (SSSR count). The van der Waals surface area contributed by atoms with Gasteiger partial charge in [-0.15, -0.1) is 22.9 Å². The lowest BCUT2D eigenvalue weighted by Crippen LogP contribution is -2.22. The van der Waals surface area contributed by atoms with Gasteiger partial charge in [0.25, 0.3) is 0 Å². The zero-order chi connectivity index (χ0) is 13.0. The van der Waals surface area contributed by atoms with Gasteiger partial charge < -0.3 is 4.90 Å². The van der Waals surface area contributed by atoms with Gasteiger partial charge in [-0.25, -0.2) is 0 Å². The summed E-state index contributed by atoms with van der Waals surface area (Å²) in [5, 5.41) is 2.12. The van der Waals surface area contributed by atoms with E-state index < -0.39 is 0 Å². The first-order valence-corrected chi connectivity index (χ1v) is 8.07. The van der Waals surface area contributed by atoms with E-state index in [9.17, 15) is 0 Å². The largest absolute Gasteiger partial charge is 0.366 e. The van der Waals surface area contributed by atoms with Crippen molar-refractivity contribution in [3.05, 3.63) is 50.6 Å². The highest BCUT2D eigenvalue weighted by Crippen LogP contribution is 2.27. The van der Waals surface area contributed by atoms with Gasteiger partial charge in [-0.3, -0.25) is 0 Å². The Morgan fingerprint density at radius 1 is 1.33 bits per heavy atom. The molecule has 0 amide bonds. The molecule has 0 saturated heterocycles. The Labute approximate surface area is 126 Å². The minimum Gasteiger partial charge on any atom is -0.366 e. The topological polar surface area (TPSA) is 3.24 Å². The number of thiophene rings is 1. The van der Waals surface area contributed by atoms with E-state index in [0.29, 0.717) is 5.88 Å². The zero-order valence-electron chi connectivity index (χ0n) is 10.2. The standard InChI is InChI=1S/C14H15BrClNS/c1-2-17(10-13-4-3-7-18-13)14-6-5-12(15)8-11(14)9-16/h3-8H,2,9-10H2,1H3. The van der Waals surface area contributed by atoms with E-state index in [1.54, 1.807) is 11.3 Å². The van der Waals surface area contributed by atoms with Crippen LogP contribution in [0, 0.1) is 0 Å². The van der Waals surface area contributed by atoms with Crippen molar-refractivity contribution < 1.29 is 0 Å². The van der Waals surface area contributed by atoms with Crippen molar-refractivity contribution >= 4 is 44.6 Å². The maximum atomic E-state index is 6.04. The molecule has 0 atom stereocenters. The molecule has 0 aliphatic carbocycles. The summed E-state index contributed by atoms with van der Waals surface area (Å²) in [7, 11) is 0. The summed E-state index contributed by atoms with van der Waals surface area (Å²) < 4.78 is 1.08. The predicted octanol–water partition coefficient (Wildman–Crippen LogP) is 5.28. The van der Waals surface area contributed by atoms with E-state index in [1.807, 2.05) is 0 Å². The van der Waals surface area contributed by atoms with Crippen LogP contribution in [-0.4, -0.2) is 6.54 Å². The third-order valence-electron chi connectivity index (χ3n) is 2.83. The van der Waals surface area contributed by atoms with Gasteiger partial charge in [-0.1, -0.05) is 22.0 Å². The molecule has 4 heteroatoms. The normalized spacial score (nSPS) is 10.6. The number of benzene rings is 1. The highest BCUT2D eigenvalue weighted by atomic mass is 79.9. The van der Waals surface area contributed by atoms with E-state index in [1.165, 1.54) is 16.1 Å². The van der Waals surface area contributed by atoms with Crippen LogP contribution in [0.4, 0.5) is 5.69 Å². The first-order valence-electron chi connectivity index (χ1n) is 5.86. The van der Waals surface area contributed by atoms with Crippen molar-refractivity contribution in [1.82, 2.24) is 0 Å². The van der Waals surface area contributed by atoms with Crippen molar-refractivity contribution in [3.63, 3.8) is 0 Å².